The molecule has 2 atom stereocenters. The average Bonchev–Trinajstić information content (AvgIpc) is 2.22. The van der Waals surface area contributed by atoms with Gasteiger partial charge in [-0.2, -0.15) is 0 Å². The maximum atomic E-state index is 12.5. The Labute approximate surface area is 122 Å². The first-order valence-electron chi connectivity index (χ1n) is 7.47. The van der Waals surface area contributed by atoms with Gasteiger partial charge >= 0.3 is 0 Å². The monoisotopic (exact) mass is 280 g/mol. The highest BCUT2D eigenvalue weighted by Crippen LogP contribution is 2.35. The Morgan fingerprint density at radius 3 is 2.30 bits per heavy atom. The Balaban J connectivity index is 2.83. The topological polar surface area (TPSA) is 72.2 Å². The van der Waals surface area contributed by atoms with E-state index in [0.717, 1.165) is 19.3 Å². The van der Waals surface area contributed by atoms with Crippen LogP contribution in [0.1, 0.15) is 52.9 Å². The lowest BCUT2D eigenvalue weighted by molar-refractivity contribution is -0.135. The van der Waals surface area contributed by atoms with Crippen LogP contribution in [-0.2, 0) is 9.59 Å². The van der Waals surface area contributed by atoms with Gasteiger partial charge in [-0.05, 0) is 39.5 Å². The minimum absolute atomic E-state index is 0.0601. The van der Waals surface area contributed by atoms with Crippen LogP contribution in [0.3, 0.4) is 0 Å². The van der Waals surface area contributed by atoms with Gasteiger partial charge in [-0.15, -0.1) is 6.58 Å². The summed E-state index contributed by atoms with van der Waals surface area (Å²) >= 11 is 0. The summed E-state index contributed by atoms with van der Waals surface area (Å²) < 4.78 is 0. The second-order valence-electron chi connectivity index (χ2n) is 6.91. The molecule has 0 spiro atoms. The Hall–Kier alpha value is -1.32. The maximum absolute atomic E-state index is 12.5. The molecule has 0 aromatic heterocycles. The fourth-order valence-corrected chi connectivity index (χ4v) is 2.66. The van der Waals surface area contributed by atoms with Crippen molar-refractivity contribution in [3.05, 3.63) is 12.7 Å². The van der Waals surface area contributed by atoms with Crippen LogP contribution in [0.25, 0.3) is 0 Å². The molecular weight excluding hydrogens is 252 g/mol. The summed E-state index contributed by atoms with van der Waals surface area (Å²) in [6, 6.07) is 0. The number of hydrogen-bond acceptors (Lipinski definition) is 2. The summed E-state index contributed by atoms with van der Waals surface area (Å²) in [5.41, 5.74) is 5.19. The van der Waals surface area contributed by atoms with E-state index < -0.39 is 11.8 Å². The Bertz CT molecular complexity index is 367. The minimum atomic E-state index is -0.449. The van der Waals surface area contributed by atoms with Crippen molar-refractivity contribution in [1.29, 1.82) is 0 Å². The summed E-state index contributed by atoms with van der Waals surface area (Å²) in [4.78, 5) is 24.2. The first-order valence-corrected chi connectivity index (χ1v) is 7.47. The molecule has 0 aromatic carbocycles. The Morgan fingerprint density at radius 1 is 1.35 bits per heavy atom. The van der Waals surface area contributed by atoms with Gasteiger partial charge in [0.05, 0.1) is 11.8 Å². The van der Waals surface area contributed by atoms with Crippen LogP contribution in [0.4, 0.5) is 0 Å². The van der Waals surface area contributed by atoms with Crippen LogP contribution >= 0.6 is 0 Å². The molecule has 0 aliphatic heterocycles. The fraction of sp³-hybridized carbons (Fsp3) is 0.750. The maximum Gasteiger partial charge on any atom is 0.224 e. The molecule has 4 heteroatoms. The molecule has 0 unspecified atom stereocenters. The molecule has 114 valence electrons. The van der Waals surface area contributed by atoms with E-state index >= 15 is 0 Å². The number of allylic oxidation sites excluding steroid dienone is 1. The molecule has 0 saturated heterocycles. The van der Waals surface area contributed by atoms with Gasteiger partial charge in [0.25, 0.3) is 0 Å². The number of amides is 2. The zero-order valence-corrected chi connectivity index (χ0v) is 12.9. The van der Waals surface area contributed by atoms with Crippen LogP contribution in [0.15, 0.2) is 12.7 Å². The molecule has 1 rings (SSSR count). The standard InChI is InChI=1S/C16H28N2O2/c1-5-7-12(14(17)19)13(10-11-8-6-9-11)15(20)18-16(2,3)4/h5,11-13H,1,6-10H2,2-4H3,(H2,17,19)(H,18,20)/t12-,13+/m0/s1. The van der Waals surface area contributed by atoms with E-state index in [1.54, 1.807) is 6.08 Å². The smallest absolute Gasteiger partial charge is 0.224 e. The minimum Gasteiger partial charge on any atom is -0.369 e. The van der Waals surface area contributed by atoms with Gasteiger partial charge in [0.15, 0.2) is 0 Å². The summed E-state index contributed by atoms with van der Waals surface area (Å²) in [5, 5.41) is 2.99. The van der Waals surface area contributed by atoms with E-state index in [2.05, 4.69) is 11.9 Å². The van der Waals surface area contributed by atoms with Gasteiger partial charge < -0.3 is 11.1 Å². The van der Waals surface area contributed by atoms with E-state index in [-0.39, 0.29) is 17.4 Å². The molecule has 4 nitrogen and oxygen atoms in total. The first kappa shape index (κ1) is 16.7. The molecule has 1 aliphatic carbocycles. The van der Waals surface area contributed by atoms with Crippen molar-refractivity contribution in [2.45, 2.75) is 58.4 Å². The third kappa shape index (κ3) is 4.99. The van der Waals surface area contributed by atoms with E-state index in [1.165, 1.54) is 6.42 Å². The van der Waals surface area contributed by atoms with Crippen LogP contribution in [0.2, 0.25) is 0 Å². The Morgan fingerprint density at radius 2 is 1.95 bits per heavy atom. The van der Waals surface area contributed by atoms with E-state index in [4.69, 9.17) is 5.73 Å². The van der Waals surface area contributed by atoms with Crippen molar-refractivity contribution in [2.75, 3.05) is 0 Å². The van der Waals surface area contributed by atoms with Crippen LogP contribution in [0, 0.1) is 17.8 Å². The second-order valence-corrected chi connectivity index (χ2v) is 6.91. The van der Waals surface area contributed by atoms with Crippen molar-refractivity contribution in [1.82, 2.24) is 5.32 Å². The van der Waals surface area contributed by atoms with Crippen molar-refractivity contribution in [3.8, 4) is 0 Å². The van der Waals surface area contributed by atoms with E-state index in [9.17, 15) is 9.59 Å². The molecule has 1 saturated carbocycles. The van der Waals surface area contributed by atoms with E-state index in [1.807, 2.05) is 20.8 Å². The predicted molar refractivity (Wildman–Crippen MR) is 80.8 cm³/mol. The molecule has 20 heavy (non-hydrogen) atoms. The summed E-state index contributed by atoms with van der Waals surface area (Å²) in [7, 11) is 0. The summed E-state index contributed by atoms with van der Waals surface area (Å²) in [6.45, 7) is 9.50. The molecular formula is C16H28N2O2. The van der Waals surface area contributed by atoms with Crippen molar-refractivity contribution in [3.63, 3.8) is 0 Å². The zero-order valence-electron chi connectivity index (χ0n) is 12.9. The number of carbonyl (C=O) groups excluding carboxylic acids is 2. The molecule has 0 aromatic rings. The van der Waals surface area contributed by atoms with Crippen LogP contribution < -0.4 is 11.1 Å². The highest BCUT2D eigenvalue weighted by molar-refractivity contribution is 5.87. The Kier molecular flexibility index (Phi) is 5.78. The molecule has 1 aliphatic rings. The van der Waals surface area contributed by atoms with Crippen molar-refractivity contribution < 1.29 is 9.59 Å². The number of hydrogen-bond donors (Lipinski definition) is 2. The van der Waals surface area contributed by atoms with Crippen LogP contribution in [-0.4, -0.2) is 17.4 Å². The van der Waals surface area contributed by atoms with Gasteiger partial charge in [0.2, 0.25) is 11.8 Å². The lowest BCUT2D eigenvalue weighted by Gasteiger charge is -2.33. The highest BCUT2D eigenvalue weighted by atomic mass is 16.2. The third-order valence-electron chi connectivity index (χ3n) is 3.92. The summed E-state index contributed by atoms with van der Waals surface area (Å²) in [6.07, 6.45) is 6.42. The quantitative estimate of drug-likeness (QED) is 0.703. The molecule has 0 bridgehead atoms. The van der Waals surface area contributed by atoms with Crippen molar-refractivity contribution >= 4 is 11.8 Å². The lowest BCUT2D eigenvalue weighted by Crippen LogP contribution is -2.48. The van der Waals surface area contributed by atoms with Gasteiger partial charge in [-0.3, -0.25) is 9.59 Å². The number of nitrogens with one attached hydrogen (secondary N) is 1. The summed E-state index contributed by atoms with van der Waals surface area (Å²) in [5.74, 6) is -0.698. The van der Waals surface area contributed by atoms with Gasteiger partial charge in [0.1, 0.15) is 0 Å². The lowest BCUT2D eigenvalue weighted by atomic mass is 9.74. The zero-order chi connectivity index (χ0) is 15.3. The molecule has 3 N–H and O–H groups in total. The largest absolute Gasteiger partial charge is 0.369 e. The number of carbonyl (C=O) groups is 2. The van der Waals surface area contributed by atoms with E-state index in [0.29, 0.717) is 12.3 Å². The molecule has 1 fully saturated rings. The average molecular weight is 280 g/mol. The first-order chi connectivity index (χ1) is 9.24. The normalized spacial score (nSPS) is 18.8. The predicted octanol–water partition coefficient (Wildman–Crippen LogP) is 2.39. The van der Waals surface area contributed by atoms with Gasteiger partial charge in [-0.25, -0.2) is 0 Å². The SMILES string of the molecule is C=CC[C@H](C(N)=O)[C@@H](CC1CCC1)C(=O)NC(C)(C)C. The number of rotatable bonds is 7. The molecule has 2 amide bonds. The molecule has 0 radical (unpaired) electrons. The second kappa shape index (κ2) is 6.91. The highest BCUT2D eigenvalue weighted by Gasteiger charge is 2.36. The fourth-order valence-electron chi connectivity index (χ4n) is 2.66. The van der Waals surface area contributed by atoms with Gasteiger partial charge in [-0.1, -0.05) is 25.3 Å². The molecule has 0 heterocycles. The van der Waals surface area contributed by atoms with Crippen LogP contribution in [0.5, 0.6) is 0 Å². The number of nitrogens with two attached hydrogens (primary N) is 1. The number of primary amides is 1. The van der Waals surface area contributed by atoms with Gasteiger partial charge in [0, 0.05) is 5.54 Å². The van der Waals surface area contributed by atoms with Crippen molar-refractivity contribution in [2.24, 2.45) is 23.5 Å². The third-order valence-corrected chi connectivity index (χ3v) is 3.92.